The molecule has 0 atom stereocenters. The summed E-state index contributed by atoms with van der Waals surface area (Å²) in [5, 5.41) is 3.44. The van der Waals surface area contributed by atoms with E-state index >= 15 is 0 Å². The van der Waals surface area contributed by atoms with Crippen molar-refractivity contribution in [3.05, 3.63) is 89.4 Å². The van der Waals surface area contributed by atoms with E-state index in [1.807, 2.05) is 60.7 Å². The van der Waals surface area contributed by atoms with Gasteiger partial charge in [0.25, 0.3) is 5.91 Å². The fraction of sp³-hybridized carbons (Fsp3) is 0.0952. The smallest absolute Gasteiger partial charge is 0.258 e. The van der Waals surface area contributed by atoms with Crippen molar-refractivity contribution in [2.24, 2.45) is 0 Å². The molecule has 0 saturated heterocycles. The molecule has 3 aromatic rings. The molecule has 1 amide bonds. The van der Waals surface area contributed by atoms with Gasteiger partial charge in [-0.15, -0.1) is 0 Å². The second-order valence-electron chi connectivity index (χ2n) is 5.55. The molecule has 0 aliphatic carbocycles. The average molecular weight is 352 g/mol. The summed E-state index contributed by atoms with van der Waals surface area (Å²) in [5.41, 5.74) is 3.13. The molecule has 3 rings (SSSR count). The summed E-state index contributed by atoms with van der Waals surface area (Å²) in [7, 11) is 0. The average Bonchev–Trinajstić information content (AvgIpc) is 2.67. The van der Waals surface area contributed by atoms with Crippen molar-refractivity contribution in [3.63, 3.8) is 0 Å². The van der Waals surface area contributed by atoms with Crippen LogP contribution in [0.5, 0.6) is 5.75 Å². The maximum atomic E-state index is 11.9. The van der Waals surface area contributed by atoms with E-state index in [1.165, 1.54) is 0 Å². The molecule has 0 aliphatic rings. The van der Waals surface area contributed by atoms with Crippen LogP contribution in [-0.2, 0) is 11.3 Å². The second-order valence-corrected chi connectivity index (χ2v) is 5.95. The third-order valence-corrected chi connectivity index (χ3v) is 4.13. The quantitative estimate of drug-likeness (QED) is 0.699. The van der Waals surface area contributed by atoms with E-state index in [2.05, 4.69) is 17.4 Å². The third-order valence-electron chi connectivity index (χ3n) is 3.77. The monoisotopic (exact) mass is 351 g/mol. The van der Waals surface area contributed by atoms with E-state index in [4.69, 9.17) is 16.3 Å². The lowest BCUT2D eigenvalue weighted by Gasteiger charge is -2.09. The van der Waals surface area contributed by atoms with Crippen molar-refractivity contribution < 1.29 is 9.53 Å². The predicted molar refractivity (Wildman–Crippen MR) is 101 cm³/mol. The van der Waals surface area contributed by atoms with Crippen LogP contribution in [0.3, 0.4) is 0 Å². The SMILES string of the molecule is O=C(COc1ccc(-c2ccccc2)cc1)NCc1ccccc1Cl. The number of halogens is 1. The maximum Gasteiger partial charge on any atom is 0.258 e. The number of nitrogens with one attached hydrogen (secondary N) is 1. The van der Waals surface area contributed by atoms with Gasteiger partial charge in [-0.2, -0.15) is 0 Å². The summed E-state index contributed by atoms with van der Waals surface area (Å²) < 4.78 is 5.53. The molecule has 25 heavy (non-hydrogen) atoms. The van der Waals surface area contributed by atoms with Crippen molar-refractivity contribution in [2.75, 3.05) is 6.61 Å². The summed E-state index contributed by atoms with van der Waals surface area (Å²) in [6.45, 7) is 0.351. The Bertz CT molecular complexity index is 832. The molecule has 4 heteroatoms. The predicted octanol–water partition coefficient (Wildman–Crippen LogP) is 4.70. The van der Waals surface area contributed by atoms with Gasteiger partial charge in [0, 0.05) is 11.6 Å². The summed E-state index contributed by atoms with van der Waals surface area (Å²) in [6, 6.07) is 25.2. The van der Waals surface area contributed by atoms with Gasteiger partial charge in [0.1, 0.15) is 5.75 Å². The van der Waals surface area contributed by atoms with E-state index in [0.717, 1.165) is 16.7 Å². The fourth-order valence-corrected chi connectivity index (χ4v) is 2.61. The minimum Gasteiger partial charge on any atom is -0.484 e. The highest BCUT2D eigenvalue weighted by Gasteiger charge is 2.05. The van der Waals surface area contributed by atoms with Crippen molar-refractivity contribution in [1.82, 2.24) is 5.32 Å². The van der Waals surface area contributed by atoms with Crippen LogP contribution in [0, 0.1) is 0 Å². The molecular formula is C21H18ClNO2. The summed E-state index contributed by atoms with van der Waals surface area (Å²) >= 11 is 6.06. The number of hydrogen-bond acceptors (Lipinski definition) is 2. The highest BCUT2D eigenvalue weighted by Crippen LogP contribution is 2.22. The van der Waals surface area contributed by atoms with Crippen LogP contribution in [0.2, 0.25) is 5.02 Å². The Morgan fingerprint density at radius 3 is 2.20 bits per heavy atom. The number of ether oxygens (including phenoxy) is 1. The first-order valence-corrected chi connectivity index (χ1v) is 8.38. The Morgan fingerprint density at radius 2 is 1.48 bits per heavy atom. The molecule has 0 heterocycles. The van der Waals surface area contributed by atoms with E-state index in [9.17, 15) is 4.79 Å². The summed E-state index contributed by atoms with van der Waals surface area (Å²) in [5.74, 6) is 0.472. The lowest BCUT2D eigenvalue weighted by Crippen LogP contribution is -2.28. The van der Waals surface area contributed by atoms with E-state index in [1.54, 1.807) is 6.07 Å². The van der Waals surface area contributed by atoms with Crippen LogP contribution in [0.15, 0.2) is 78.9 Å². The lowest BCUT2D eigenvalue weighted by molar-refractivity contribution is -0.123. The molecule has 3 nitrogen and oxygen atoms in total. The molecule has 0 spiro atoms. The van der Waals surface area contributed by atoms with Crippen molar-refractivity contribution in [2.45, 2.75) is 6.54 Å². The molecular weight excluding hydrogens is 334 g/mol. The Hall–Kier alpha value is -2.78. The Morgan fingerprint density at radius 1 is 0.840 bits per heavy atom. The highest BCUT2D eigenvalue weighted by atomic mass is 35.5. The van der Waals surface area contributed by atoms with Crippen LogP contribution in [0.1, 0.15) is 5.56 Å². The van der Waals surface area contributed by atoms with Gasteiger partial charge in [-0.25, -0.2) is 0 Å². The van der Waals surface area contributed by atoms with Gasteiger partial charge in [-0.3, -0.25) is 4.79 Å². The summed E-state index contributed by atoms with van der Waals surface area (Å²) in [6.07, 6.45) is 0. The Kier molecular flexibility index (Phi) is 5.70. The largest absolute Gasteiger partial charge is 0.484 e. The van der Waals surface area contributed by atoms with Crippen molar-refractivity contribution >= 4 is 17.5 Å². The molecule has 1 N–H and O–H groups in total. The van der Waals surface area contributed by atoms with Gasteiger partial charge < -0.3 is 10.1 Å². The van der Waals surface area contributed by atoms with Gasteiger partial charge in [0.2, 0.25) is 0 Å². The zero-order valence-corrected chi connectivity index (χ0v) is 14.4. The van der Waals surface area contributed by atoms with Crippen LogP contribution in [-0.4, -0.2) is 12.5 Å². The molecule has 0 aromatic heterocycles. The molecule has 0 radical (unpaired) electrons. The molecule has 0 bridgehead atoms. The topological polar surface area (TPSA) is 38.3 Å². The molecule has 3 aromatic carbocycles. The number of rotatable bonds is 6. The minimum absolute atomic E-state index is 0.0326. The minimum atomic E-state index is -0.188. The lowest BCUT2D eigenvalue weighted by atomic mass is 10.1. The van der Waals surface area contributed by atoms with Crippen LogP contribution in [0.4, 0.5) is 0 Å². The van der Waals surface area contributed by atoms with Gasteiger partial charge in [-0.05, 0) is 34.9 Å². The first-order valence-electron chi connectivity index (χ1n) is 8.01. The third kappa shape index (κ3) is 4.85. The zero-order valence-electron chi connectivity index (χ0n) is 13.6. The number of hydrogen-bond donors (Lipinski definition) is 1. The van der Waals surface area contributed by atoms with Gasteiger partial charge in [0.15, 0.2) is 6.61 Å². The van der Waals surface area contributed by atoms with Crippen LogP contribution >= 0.6 is 11.6 Å². The normalized spacial score (nSPS) is 10.3. The molecule has 126 valence electrons. The van der Waals surface area contributed by atoms with Gasteiger partial charge in [-0.1, -0.05) is 72.3 Å². The van der Waals surface area contributed by atoms with Gasteiger partial charge >= 0.3 is 0 Å². The fourth-order valence-electron chi connectivity index (χ4n) is 2.41. The number of carbonyl (C=O) groups is 1. The maximum absolute atomic E-state index is 11.9. The number of carbonyl (C=O) groups excluding carboxylic acids is 1. The Labute approximate surface area is 152 Å². The number of benzene rings is 3. The zero-order chi connectivity index (χ0) is 17.5. The first kappa shape index (κ1) is 17.1. The first-order chi connectivity index (χ1) is 12.2. The molecule has 0 saturated carbocycles. The van der Waals surface area contributed by atoms with Crippen LogP contribution in [0.25, 0.3) is 11.1 Å². The van der Waals surface area contributed by atoms with Crippen molar-refractivity contribution in [3.8, 4) is 16.9 Å². The molecule has 0 unspecified atom stereocenters. The van der Waals surface area contributed by atoms with Gasteiger partial charge in [0.05, 0.1) is 0 Å². The molecule has 0 aliphatic heterocycles. The Balaban J connectivity index is 1.50. The highest BCUT2D eigenvalue weighted by molar-refractivity contribution is 6.31. The van der Waals surface area contributed by atoms with E-state index in [0.29, 0.717) is 17.3 Å². The van der Waals surface area contributed by atoms with E-state index < -0.39 is 0 Å². The van der Waals surface area contributed by atoms with Crippen molar-refractivity contribution in [1.29, 1.82) is 0 Å². The standard InChI is InChI=1S/C21H18ClNO2/c22-20-9-5-4-8-18(20)14-23-21(24)15-25-19-12-10-17(11-13-19)16-6-2-1-3-7-16/h1-13H,14-15H2,(H,23,24). The van der Waals surface area contributed by atoms with E-state index in [-0.39, 0.29) is 12.5 Å². The van der Waals surface area contributed by atoms with Crippen LogP contribution < -0.4 is 10.1 Å². The number of amides is 1. The second kappa shape index (κ2) is 8.36. The molecule has 0 fully saturated rings. The summed E-state index contributed by atoms with van der Waals surface area (Å²) in [4.78, 5) is 11.9.